The lowest BCUT2D eigenvalue weighted by molar-refractivity contribution is -0.142. The van der Waals surface area contributed by atoms with Gasteiger partial charge in [-0.1, -0.05) is 15.9 Å². The van der Waals surface area contributed by atoms with Crippen molar-refractivity contribution in [3.05, 3.63) is 28.2 Å². The SMILES string of the molecule is O=C(O)C(CF)NC(=O)C1COc2ccc(Br)cc21. The van der Waals surface area contributed by atoms with E-state index in [1.165, 1.54) is 0 Å². The molecular weight excluding hydrogens is 321 g/mol. The molecule has 1 heterocycles. The molecule has 0 aromatic heterocycles. The van der Waals surface area contributed by atoms with E-state index < -0.39 is 30.5 Å². The summed E-state index contributed by atoms with van der Waals surface area (Å²) in [5.74, 6) is -2.00. The van der Waals surface area contributed by atoms with Gasteiger partial charge in [0.25, 0.3) is 0 Å². The van der Waals surface area contributed by atoms with Gasteiger partial charge in [-0.2, -0.15) is 0 Å². The van der Waals surface area contributed by atoms with Gasteiger partial charge in [-0.05, 0) is 18.2 Å². The third-order valence-corrected chi connectivity index (χ3v) is 3.33. The highest BCUT2D eigenvalue weighted by Crippen LogP contribution is 2.35. The number of fused-ring (bicyclic) bond motifs is 1. The fourth-order valence-corrected chi connectivity index (χ4v) is 2.22. The van der Waals surface area contributed by atoms with Crippen molar-refractivity contribution in [3.63, 3.8) is 0 Å². The topological polar surface area (TPSA) is 75.6 Å². The highest BCUT2D eigenvalue weighted by molar-refractivity contribution is 9.10. The van der Waals surface area contributed by atoms with E-state index >= 15 is 0 Å². The van der Waals surface area contributed by atoms with Gasteiger partial charge in [0.05, 0.1) is 0 Å². The molecule has 2 N–H and O–H groups in total. The maximum absolute atomic E-state index is 12.5. The zero-order valence-electron chi connectivity index (χ0n) is 9.73. The second-order valence-electron chi connectivity index (χ2n) is 4.10. The molecule has 0 fully saturated rings. The number of hydrogen-bond donors (Lipinski definition) is 2. The number of carbonyl (C=O) groups is 2. The molecule has 1 aliphatic heterocycles. The van der Waals surface area contributed by atoms with Crippen LogP contribution in [0.5, 0.6) is 5.75 Å². The molecule has 0 saturated carbocycles. The molecule has 0 bridgehead atoms. The summed E-state index contributed by atoms with van der Waals surface area (Å²) in [6, 6.07) is 3.71. The highest BCUT2D eigenvalue weighted by atomic mass is 79.9. The minimum absolute atomic E-state index is 0.121. The van der Waals surface area contributed by atoms with Gasteiger partial charge in [0.15, 0.2) is 6.04 Å². The number of alkyl halides is 1. The van der Waals surface area contributed by atoms with Crippen LogP contribution in [-0.4, -0.2) is 36.3 Å². The summed E-state index contributed by atoms with van der Waals surface area (Å²) in [7, 11) is 0. The number of halogens is 2. The summed E-state index contributed by atoms with van der Waals surface area (Å²) in [6.07, 6.45) is 0. The fourth-order valence-electron chi connectivity index (χ4n) is 1.84. The molecule has 1 aromatic rings. The van der Waals surface area contributed by atoms with Gasteiger partial charge >= 0.3 is 5.97 Å². The van der Waals surface area contributed by atoms with Gasteiger partial charge in [0.2, 0.25) is 5.91 Å². The van der Waals surface area contributed by atoms with Gasteiger partial charge in [0, 0.05) is 10.0 Å². The Morgan fingerprint density at radius 1 is 1.58 bits per heavy atom. The zero-order chi connectivity index (χ0) is 14.0. The molecular formula is C12H11BrFNO4. The monoisotopic (exact) mass is 331 g/mol. The predicted molar refractivity (Wildman–Crippen MR) is 67.9 cm³/mol. The van der Waals surface area contributed by atoms with E-state index in [2.05, 4.69) is 21.2 Å². The van der Waals surface area contributed by atoms with Crippen LogP contribution in [0.3, 0.4) is 0 Å². The number of carboxylic acids is 1. The molecule has 2 rings (SSSR count). The van der Waals surface area contributed by atoms with Crippen LogP contribution in [0, 0.1) is 0 Å². The largest absolute Gasteiger partial charge is 0.492 e. The molecule has 0 spiro atoms. The van der Waals surface area contributed by atoms with Crippen LogP contribution < -0.4 is 10.1 Å². The number of benzene rings is 1. The Kier molecular flexibility index (Phi) is 4.04. The molecule has 0 radical (unpaired) electrons. The molecule has 5 nitrogen and oxygen atoms in total. The lowest BCUT2D eigenvalue weighted by atomic mass is 10.0. The zero-order valence-corrected chi connectivity index (χ0v) is 11.3. The maximum atomic E-state index is 12.5. The second kappa shape index (κ2) is 5.56. The summed E-state index contributed by atoms with van der Waals surface area (Å²) in [5.41, 5.74) is 0.662. The van der Waals surface area contributed by atoms with Gasteiger partial charge in [-0.3, -0.25) is 4.79 Å². The molecule has 2 unspecified atom stereocenters. The fraction of sp³-hybridized carbons (Fsp3) is 0.333. The standard InChI is InChI=1S/C12H11BrFNO4/c13-6-1-2-10-7(3-6)8(5-19-10)11(16)15-9(4-14)12(17)18/h1-3,8-9H,4-5H2,(H,15,16)(H,17,18). The third-order valence-electron chi connectivity index (χ3n) is 2.84. The quantitative estimate of drug-likeness (QED) is 0.875. The van der Waals surface area contributed by atoms with E-state index in [4.69, 9.17) is 9.84 Å². The Morgan fingerprint density at radius 3 is 2.95 bits per heavy atom. The molecule has 102 valence electrons. The number of nitrogens with one attached hydrogen (secondary N) is 1. The molecule has 1 aromatic carbocycles. The molecule has 2 atom stereocenters. The van der Waals surface area contributed by atoms with Gasteiger partial charge in [-0.15, -0.1) is 0 Å². The Morgan fingerprint density at radius 2 is 2.32 bits per heavy atom. The average molecular weight is 332 g/mol. The Labute approximate surface area is 116 Å². The Bertz CT molecular complexity index is 522. The van der Waals surface area contributed by atoms with E-state index in [-0.39, 0.29) is 6.61 Å². The molecule has 1 amide bonds. The van der Waals surface area contributed by atoms with Crippen LogP contribution in [0.15, 0.2) is 22.7 Å². The second-order valence-corrected chi connectivity index (χ2v) is 5.02. The van der Waals surface area contributed by atoms with Gasteiger partial charge < -0.3 is 15.2 Å². The first-order chi connectivity index (χ1) is 9.02. The molecule has 0 aliphatic carbocycles. The van der Waals surface area contributed by atoms with Crippen molar-refractivity contribution in [2.75, 3.05) is 13.3 Å². The summed E-state index contributed by atoms with van der Waals surface area (Å²) in [5, 5.41) is 10.9. The maximum Gasteiger partial charge on any atom is 0.328 e. The van der Waals surface area contributed by atoms with Crippen molar-refractivity contribution in [1.29, 1.82) is 0 Å². The number of aliphatic carboxylic acids is 1. The van der Waals surface area contributed by atoms with E-state index in [0.29, 0.717) is 11.3 Å². The Hall–Kier alpha value is -1.63. The van der Waals surface area contributed by atoms with E-state index in [1.54, 1.807) is 18.2 Å². The van der Waals surface area contributed by atoms with Crippen LogP contribution in [0.1, 0.15) is 11.5 Å². The average Bonchev–Trinajstić information content (AvgIpc) is 2.78. The van der Waals surface area contributed by atoms with Crippen LogP contribution in [0.25, 0.3) is 0 Å². The number of ether oxygens (including phenoxy) is 1. The molecule has 0 saturated heterocycles. The van der Waals surface area contributed by atoms with Gasteiger partial charge in [-0.25, -0.2) is 9.18 Å². The Balaban J connectivity index is 2.15. The number of hydrogen-bond acceptors (Lipinski definition) is 3. The van der Waals surface area contributed by atoms with Crippen molar-refractivity contribution >= 4 is 27.8 Å². The van der Waals surface area contributed by atoms with E-state index in [9.17, 15) is 14.0 Å². The van der Waals surface area contributed by atoms with Crippen molar-refractivity contribution in [2.24, 2.45) is 0 Å². The number of amides is 1. The van der Waals surface area contributed by atoms with Crippen LogP contribution in [0.2, 0.25) is 0 Å². The molecule has 19 heavy (non-hydrogen) atoms. The summed E-state index contributed by atoms with van der Waals surface area (Å²) >= 11 is 3.29. The predicted octanol–water partition coefficient (Wildman–Crippen LogP) is 1.46. The van der Waals surface area contributed by atoms with E-state index in [1.807, 2.05) is 0 Å². The first-order valence-corrected chi connectivity index (χ1v) is 6.33. The van der Waals surface area contributed by atoms with Crippen LogP contribution >= 0.6 is 15.9 Å². The minimum Gasteiger partial charge on any atom is -0.492 e. The number of carbonyl (C=O) groups excluding carboxylic acids is 1. The summed E-state index contributed by atoms with van der Waals surface area (Å²) < 4.78 is 18.6. The number of carboxylic acid groups (broad SMARTS) is 1. The van der Waals surface area contributed by atoms with Crippen molar-refractivity contribution in [3.8, 4) is 5.75 Å². The first kappa shape index (κ1) is 13.8. The minimum atomic E-state index is -1.52. The molecule has 1 aliphatic rings. The van der Waals surface area contributed by atoms with Crippen LogP contribution in [-0.2, 0) is 9.59 Å². The lowest BCUT2D eigenvalue weighted by Crippen LogP contribution is -2.44. The summed E-state index contributed by atoms with van der Waals surface area (Å²) in [4.78, 5) is 22.6. The van der Waals surface area contributed by atoms with Crippen LogP contribution in [0.4, 0.5) is 4.39 Å². The smallest absolute Gasteiger partial charge is 0.328 e. The highest BCUT2D eigenvalue weighted by Gasteiger charge is 2.33. The lowest BCUT2D eigenvalue weighted by Gasteiger charge is -2.14. The summed E-state index contributed by atoms with van der Waals surface area (Å²) in [6.45, 7) is -1.03. The normalized spacial score (nSPS) is 18.3. The van der Waals surface area contributed by atoms with E-state index in [0.717, 1.165) is 4.47 Å². The van der Waals surface area contributed by atoms with Crippen molar-refractivity contribution in [1.82, 2.24) is 5.32 Å². The first-order valence-electron chi connectivity index (χ1n) is 5.54. The van der Waals surface area contributed by atoms with Crippen molar-refractivity contribution < 1.29 is 23.8 Å². The van der Waals surface area contributed by atoms with Crippen molar-refractivity contribution in [2.45, 2.75) is 12.0 Å². The number of rotatable bonds is 4. The van der Waals surface area contributed by atoms with Gasteiger partial charge in [0.1, 0.15) is 24.9 Å². The molecule has 7 heteroatoms. The third kappa shape index (κ3) is 2.86.